The molecule has 0 saturated carbocycles. The van der Waals surface area contributed by atoms with E-state index in [1.54, 1.807) is 26.0 Å². The number of rotatable bonds is 3. The number of ether oxygens (including phenoxy) is 1. The topological polar surface area (TPSA) is 76.7 Å². The quantitative estimate of drug-likeness (QED) is 0.678. The van der Waals surface area contributed by atoms with Crippen molar-refractivity contribution in [1.29, 1.82) is 0 Å². The summed E-state index contributed by atoms with van der Waals surface area (Å²) in [5.41, 5.74) is 0.908. The first-order valence-electron chi connectivity index (χ1n) is 5.60. The Labute approximate surface area is 109 Å². The van der Waals surface area contributed by atoms with Gasteiger partial charge < -0.3 is 14.3 Å². The molecule has 1 heterocycles. The molecule has 98 valence electrons. The first-order valence-corrected chi connectivity index (χ1v) is 5.60. The molecule has 5 heteroatoms. The van der Waals surface area contributed by atoms with Gasteiger partial charge in [0, 0.05) is 5.56 Å². The van der Waals surface area contributed by atoms with E-state index in [-0.39, 0.29) is 11.3 Å². The zero-order chi connectivity index (χ0) is 14.0. The van der Waals surface area contributed by atoms with Crippen LogP contribution in [-0.4, -0.2) is 17.0 Å². The number of furan rings is 1. The van der Waals surface area contributed by atoms with Gasteiger partial charge in [0.15, 0.2) is 0 Å². The number of esters is 1. The molecule has 0 radical (unpaired) electrons. The number of aromatic carboxylic acids is 1. The van der Waals surface area contributed by atoms with Crippen LogP contribution < -0.4 is 4.74 Å². The summed E-state index contributed by atoms with van der Waals surface area (Å²) in [7, 11) is 0. The fraction of sp³-hybridized carbons (Fsp3) is 0.143. The van der Waals surface area contributed by atoms with E-state index in [0.29, 0.717) is 16.9 Å². The summed E-state index contributed by atoms with van der Waals surface area (Å²) >= 11 is 0. The zero-order valence-corrected chi connectivity index (χ0v) is 10.5. The lowest BCUT2D eigenvalue weighted by Crippen LogP contribution is -2.12. The van der Waals surface area contributed by atoms with Crippen LogP contribution >= 0.6 is 0 Å². The molecule has 0 amide bonds. The van der Waals surface area contributed by atoms with Crippen molar-refractivity contribution >= 4 is 11.9 Å². The van der Waals surface area contributed by atoms with Crippen LogP contribution in [0.4, 0.5) is 0 Å². The predicted molar refractivity (Wildman–Crippen MR) is 66.5 cm³/mol. The van der Waals surface area contributed by atoms with Crippen LogP contribution in [0.5, 0.6) is 5.75 Å². The van der Waals surface area contributed by atoms with Crippen LogP contribution in [0.3, 0.4) is 0 Å². The van der Waals surface area contributed by atoms with E-state index < -0.39 is 11.9 Å². The summed E-state index contributed by atoms with van der Waals surface area (Å²) in [6.07, 6.45) is 1.45. The molecule has 2 rings (SSSR count). The highest BCUT2D eigenvalue weighted by molar-refractivity contribution is 5.96. The minimum atomic E-state index is -1.15. The summed E-state index contributed by atoms with van der Waals surface area (Å²) < 4.78 is 10.2. The van der Waals surface area contributed by atoms with Crippen LogP contribution in [0.1, 0.15) is 32.0 Å². The van der Waals surface area contributed by atoms with Gasteiger partial charge >= 0.3 is 11.9 Å². The molecule has 19 heavy (non-hydrogen) atoms. The van der Waals surface area contributed by atoms with Crippen molar-refractivity contribution in [3.8, 4) is 5.75 Å². The Kier molecular flexibility index (Phi) is 3.37. The van der Waals surface area contributed by atoms with E-state index in [2.05, 4.69) is 0 Å². The number of carboxylic acids is 1. The number of benzene rings is 1. The smallest absolute Gasteiger partial charge is 0.347 e. The molecule has 0 fully saturated rings. The van der Waals surface area contributed by atoms with Gasteiger partial charge in [0.25, 0.3) is 0 Å². The lowest BCUT2D eigenvalue weighted by atomic mass is 10.1. The molecule has 0 spiro atoms. The molecule has 0 saturated heterocycles. The molecule has 0 atom stereocenters. The Balaban J connectivity index is 2.32. The van der Waals surface area contributed by atoms with E-state index in [0.717, 1.165) is 0 Å². The second-order valence-electron chi connectivity index (χ2n) is 4.04. The third kappa shape index (κ3) is 2.49. The largest absolute Gasteiger partial charge is 0.478 e. The SMILES string of the molecule is Cc1coc(C)c1C(=O)Oc1ccccc1C(=O)O. The molecule has 1 N–H and O–H groups in total. The summed E-state index contributed by atoms with van der Waals surface area (Å²) in [6, 6.07) is 5.98. The summed E-state index contributed by atoms with van der Waals surface area (Å²) in [5, 5.41) is 9.01. The molecule has 5 nitrogen and oxygen atoms in total. The van der Waals surface area contributed by atoms with Gasteiger partial charge in [0.1, 0.15) is 22.6 Å². The Morgan fingerprint density at radius 2 is 1.89 bits per heavy atom. The van der Waals surface area contributed by atoms with Gasteiger partial charge in [-0.05, 0) is 26.0 Å². The standard InChI is InChI=1S/C14H12O5/c1-8-7-18-9(2)12(8)14(17)19-11-6-4-3-5-10(11)13(15)16/h3-7H,1-2H3,(H,15,16). The number of carboxylic acid groups (broad SMARTS) is 1. The minimum absolute atomic E-state index is 0.0139. The van der Waals surface area contributed by atoms with Crippen molar-refractivity contribution in [3.63, 3.8) is 0 Å². The van der Waals surface area contributed by atoms with Crippen molar-refractivity contribution < 1.29 is 23.8 Å². The van der Waals surface area contributed by atoms with Crippen molar-refractivity contribution in [2.24, 2.45) is 0 Å². The lowest BCUT2D eigenvalue weighted by Gasteiger charge is -2.07. The third-order valence-electron chi connectivity index (χ3n) is 2.68. The molecule has 1 aromatic carbocycles. The molecule has 0 bridgehead atoms. The molecule has 2 aromatic rings. The van der Waals surface area contributed by atoms with Crippen LogP contribution in [0.25, 0.3) is 0 Å². The highest BCUT2D eigenvalue weighted by atomic mass is 16.5. The maximum absolute atomic E-state index is 12.0. The maximum Gasteiger partial charge on any atom is 0.347 e. The van der Waals surface area contributed by atoms with E-state index in [9.17, 15) is 9.59 Å². The number of hydrogen-bond donors (Lipinski definition) is 1. The summed E-state index contributed by atoms with van der Waals surface area (Å²) in [5.74, 6) is -1.32. The monoisotopic (exact) mass is 260 g/mol. The maximum atomic E-state index is 12.0. The molecule has 0 unspecified atom stereocenters. The molecular formula is C14H12O5. The number of hydrogen-bond acceptors (Lipinski definition) is 4. The van der Waals surface area contributed by atoms with Crippen molar-refractivity contribution in [2.45, 2.75) is 13.8 Å². The number of aryl methyl sites for hydroxylation is 2. The molecule has 0 aliphatic rings. The van der Waals surface area contributed by atoms with Gasteiger partial charge in [0.05, 0.1) is 6.26 Å². The third-order valence-corrected chi connectivity index (χ3v) is 2.68. The van der Waals surface area contributed by atoms with Crippen molar-refractivity contribution in [2.75, 3.05) is 0 Å². The zero-order valence-electron chi connectivity index (χ0n) is 10.5. The molecule has 0 aliphatic heterocycles. The normalized spacial score (nSPS) is 10.2. The highest BCUT2D eigenvalue weighted by Crippen LogP contribution is 2.22. The van der Waals surface area contributed by atoms with Gasteiger partial charge in [-0.25, -0.2) is 9.59 Å². The van der Waals surface area contributed by atoms with E-state index in [1.165, 1.54) is 18.4 Å². The molecule has 0 aliphatic carbocycles. The van der Waals surface area contributed by atoms with Crippen molar-refractivity contribution in [1.82, 2.24) is 0 Å². The fourth-order valence-corrected chi connectivity index (χ4v) is 1.76. The first kappa shape index (κ1) is 12.9. The Morgan fingerprint density at radius 3 is 2.47 bits per heavy atom. The average Bonchev–Trinajstić information content (AvgIpc) is 2.69. The first-order chi connectivity index (χ1) is 9.00. The second-order valence-corrected chi connectivity index (χ2v) is 4.04. The second kappa shape index (κ2) is 4.97. The van der Waals surface area contributed by atoms with Crippen LogP contribution in [0, 0.1) is 13.8 Å². The fourth-order valence-electron chi connectivity index (χ4n) is 1.76. The number of carbonyl (C=O) groups excluding carboxylic acids is 1. The van der Waals surface area contributed by atoms with Crippen LogP contribution in [0.2, 0.25) is 0 Å². The lowest BCUT2D eigenvalue weighted by molar-refractivity contribution is 0.0681. The minimum Gasteiger partial charge on any atom is -0.478 e. The van der Waals surface area contributed by atoms with E-state index in [4.69, 9.17) is 14.3 Å². The Hall–Kier alpha value is -2.56. The van der Waals surface area contributed by atoms with Gasteiger partial charge in [-0.2, -0.15) is 0 Å². The number of para-hydroxylation sites is 1. The van der Waals surface area contributed by atoms with Gasteiger partial charge in [-0.15, -0.1) is 0 Å². The molecular weight excluding hydrogens is 248 g/mol. The highest BCUT2D eigenvalue weighted by Gasteiger charge is 2.20. The van der Waals surface area contributed by atoms with Gasteiger partial charge in [-0.3, -0.25) is 0 Å². The Morgan fingerprint density at radius 1 is 1.21 bits per heavy atom. The van der Waals surface area contributed by atoms with E-state index >= 15 is 0 Å². The van der Waals surface area contributed by atoms with Gasteiger partial charge in [0.2, 0.25) is 0 Å². The van der Waals surface area contributed by atoms with Crippen molar-refractivity contribution in [3.05, 3.63) is 53.0 Å². The summed E-state index contributed by atoms with van der Waals surface area (Å²) in [6.45, 7) is 3.36. The summed E-state index contributed by atoms with van der Waals surface area (Å²) in [4.78, 5) is 23.0. The van der Waals surface area contributed by atoms with E-state index in [1.807, 2.05) is 0 Å². The van der Waals surface area contributed by atoms with Gasteiger partial charge in [-0.1, -0.05) is 12.1 Å². The average molecular weight is 260 g/mol. The predicted octanol–water partition coefficient (Wildman–Crippen LogP) is 2.81. The van der Waals surface area contributed by atoms with Crippen LogP contribution in [-0.2, 0) is 0 Å². The number of carbonyl (C=O) groups is 2. The Bertz CT molecular complexity index is 620. The molecule has 1 aromatic heterocycles. The van der Waals surface area contributed by atoms with Crippen LogP contribution in [0.15, 0.2) is 34.9 Å².